The second-order valence-electron chi connectivity index (χ2n) is 5.19. The molecular formula is C14H18BrNO2. The monoisotopic (exact) mass is 311 g/mol. The van der Waals surface area contributed by atoms with Gasteiger partial charge in [-0.05, 0) is 65.2 Å². The van der Waals surface area contributed by atoms with E-state index in [1.807, 2.05) is 12.1 Å². The van der Waals surface area contributed by atoms with Gasteiger partial charge in [-0.1, -0.05) is 13.3 Å². The molecule has 0 bridgehead atoms. The van der Waals surface area contributed by atoms with E-state index in [4.69, 9.17) is 0 Å². The van der Waals surface area contributed by atoms with Crippen molar-refractivity contribution in [3.8, 4) is 0 Å². The zero-order valence-electron chi connectivity index (χ0n) is 10.5. The molecule has 18 heavy (non-hydrogen) atoms. The average molecular weight is 312 g/mol. The van der Waals surface area contributed by atoms with Crippen molar-refractivity contribution in [2.75, 3.05) is 0 Å². The minimum Gasteiger partial charge on any atom is -0.481 e. The molecule has 4 heteroatoms. The molecule has 0 aliphatic heterocycles. The van der Waals surface area contributed by atoms with Gasteiger partial charge in [0.05, 0.1) is 5.41 Å². The number of aromatic nitrogens is 1. The Bertz CT molecular complexity index is 449. The molecule has 1 aromatic rings. The van der Waals surface area contributed by atoms with Gasteiger partial charge in [0.25, 0.3) is 0 Å². The molecule has 3 nitrogen and oxygen atoms in total. The molecule has 2 atom stereocenters. The molecule has 1 aliphatic rings. The summed E-state index contributed by atoms with van der Waals surface area (Å²) in [6.07, 6.45) is 6.00. The van der Waals surface area contributed by atoms with Crippen LogP contribution in [0, 0.1) is 5.41 Å². The molecule has 0 amide bonds. The third kappa shape index (κ3) is 2.58. The van der Waals surface area contributed by atoms with Gasteiger partial charge in [-0.2, -0.15) is 0 Å². The van der Waals surface area contributed by atoms with Crippen LogP contribution < -0.4 is 0 Å². The Morgan fingerprint density at radius 1 is 1.67 bits per heavy atom. The van der Waals surface area contributed by atoms with E-state index in [9.17, 15) is 9.90 Å². The third-order valence-corrected chi connectivity index (χ3v) is 4.45. The first-order valence-corrected chi connectivity index (χ1v) is 7.21. The molecule has 1 aromatic heterocycles. The summed E-state index contributed by atoms with van der Waals surface area (Å²) in [5.41, 5.74) is 0.700. The van der Waals surface area contributed by atoms with E-state index >= 15 is 0 Å². The Labute approximate surface area is 116 Å². The fourth-order valence-corrected chi connectivity index (χ4v) is 3.47. The fraction of sp³-hybridized carbons (Fsp3) is 0.571. The van der Waals surface area contributed by atoms with Crippen molar-refractivity contribution >= 4 is 21.9 Å². The highest BCUT2D eigenvalue weighted by atomic mass is 79.9. The summed E-state index contributed by atoms with van der Waals surface area (Å²) in [6, 6.07) is 4.01. The first-order valence-electron chi connectivity index (χ1n) is 6.42. The number of carboxylic acid groups (broad SMARTS) is 1. The van der Waals surface area contributed by atoms with E-state index in [1.54, 1.807) is 6.20 Å². The van der Waals surface area contributed by atoms with Crippen LogP contribution in [0.2, 0.25) is 0 Å². The molecule has 2 rings (SSSR count). The SMILES string of the molecule is CCCC1(C(=O)O)CCC(c2ccnc(Br)c2)C1. The number of rotatable bonds is 4. The maximum Gasteiger partial charge on any atom is 0.309 e. The number of halogens is 1. The zero-order chi connectivity index (χ0) is 13.2. The van der Waals surface area contributed by atoms with E-state index in [0.29, 0.717) is 5.92 Å². The van der Waals surface area contributed by atoms with Crippen molar-refractivity contribution in [2.45, 2.75) is 44.9 Å². The Balaban J connectivity index is 2.18. The lowest BCUT2D eigenvalue weighted by Crippen LogP contribution is -2.27. The van der Waals surface area contributed by atoms with Gasteiger partial charge in [0.1, 0.15) is 4.60 Å². The number of nitrogens with zero attached hydrogens (tertiary/aromatic N) is 1. The predicted molar refractivity (Wildman–Crippen MR) is 73.5 cm³/mol. The first-order chi connectivity index (χ1) is 8.57. The van der Waals surface area contributed by atoms with Crippen molar-refractivity contribution in [3.05, 3.63) is 28.5 Å². The van der Waals surface area contributed by atoms with E-state index in [2.05, 4.69) is 27.8 Å². The Morgan fingerprint density at radius 3 is 3.06 bits per heavy atom. The van der Waals surface area contributed by atoms with Crippen LogP contribution in [0.1, 0.15) is 50.5 Å². The number of hydrogen-bond acceptors (Lipinski definition) is 2. The molecule has 0 spiro atoms. The van der Waals surface area contributed by atoms with Gasteiger partial charge in [-0.3, -0.25) is 4.79 Å². The molecule has 0 aromatic carbocycles. The lowest BCUT2D eigenvalue weighted by Gasteiger charge is -2.23. The number of pyridine rings is 1. The second-order valence-corrected chi connectivity index (χ2v) is 6.00. The molecule has 0 radical (unpaired) electrons. The second kappa shape index (κ2) is 5.39. The highest BCUT2D eigenvalue weighted by molar-refractivity contribution is 9.10. The first kappa shape index (κ1) is 13.5. The Kier molecular flexibility index (Phi) is 4.05. The van der Waals surface area contributed by atoms with E-state index in [-0.39, 0.29) is 0 Å². The molecule has 1 aliphatic carbocycles. The van der Waals surface area contributed by atoms with Crippen molar-refractivity contribution in [1.82, 2.24) is 4.98 Å². The topological polar surface area (TPSA) is 50.2 Å². The maximum atomic E-state index is 11.5. The molecular weight excluding hydrogens is 294 g/mol. The molecule has 1 fully saturated rings. The minimum absolute atomic E-state index is 0.354. The van der Waals surface area contributed by atoms with Crippen molar-refractivity contribution in [2.24, 2.45) is 5.41 Å². The number of carboxylic acids is 1. The summed E-state index contributed by atoms with van der Waals surface area (Å²) < 4.78 is 0.823. The molecule has 0 saturated heterocycles. The highest BCUT2D eigenvalue weighted by Gasteiger charge is 2.44. The lowest BCUT2D eigenvalue weighted by molar-refractivity contribution is -0.149. The summed E-state index contributed by atoms with van der Waals surface area (Å²) >= 11 is 3.37. The van der Waals surface area contributed by atoms with Gasteiger partial charge < -0.3 is 5.11 Å². The van der Waals surface area contributed by atoms with Crippen LogP contribution in [0.3, 0.4) is 0 Å². The van der Waals surface area contributed by atoms with Gasteiger partial charge in [0.2, 0.25) is 0 Å². The lowest BCUT2D eigenvalue weighted by atomic mass is 9.80. The smallest absolute Gasteiger partial charge is 0.309 e. The van der Waals surface area contributed by atoms with Crippen molar-refractivity contribution in [1.29, 1.82) is 0 Å². The van der Waals surface area contributed by atoms with Gasteiger partial charge in [-0.15, -0.1) is 0 Å². The van der Waals surface area contributed by atoms with Gasteiger partial charge >= 0.3 is 5.97 Å². The molecule has 1 N–H and O–H groups in total. The summed E-state index contributed by atoms with van der Waals surface area (Å²) in [7, 11) is 0. The largest absolute Gasteiger partial charge is 0.481 e. The van der Waals surface area contributed by atoms with Crippen LogP contribution in [0.15, 0.2) is 22.9 Å². The molecule has 1 saturated carbocycles. The third-order valence-electron chi connectivity index (χ3n) is 4.01. The number of hydrogen-bond donors (Lipinski definition) is 1. The maximum absolute atomic E-state index is 11.5. The van der Waals surface area contributed by atoms with Crippen molar-refractivity contribution in [3.63, 3.8) is 0 Å². The van der Waals surface area contributed by atoms with E-state index < -0.39 is 11.4 Å². The van der Waals surface area contributed by atoms with Gasteiger partial charge in [-0.25, -0.2) is 4.98 Å². The van der Waals surface area contributed by atoms with Crippen LogP contribution >= 0.6 is 15.9 Å². The predicted octanol–water partition coefficient (Wildman–Crippen LogP) is 3.98. The van der Waals surface area contributed by atoms with Gasteiger partial charge in [0.15, 0.2) is 0 Å². The van der Waals surface area contributed by atoms with Crippen LogP contribution in [-0.2, 0) is 4.79 Å². The van der Waals surface area contributed by atoms with Crippen LogP contribution in [0.25, 0.3) is 0 Å². The standard InChI is InChI=1S/C14H18BrNO2/c1-2-5-14(13(17)18)6-3-11(9-14)10-4-7-16-12(15)8-10/h4,7-8,11H,2-3,5-6,9H2,1H3,(H,17,18). The zero-order valence-corrected chi connectivity index (χ0v) is 12.1. The van der Waals surface area contributed by atoms with Crippen molar-refractivity contribution < 1.29 is 9.90 Å². The van der Waals surface area contributed by atoms with Crippen LogP contribution in [0.5, 0.6) is 0 Å². The summed E-state index contributed by atoms with van der Waals surface area (Å²) in [5.74, 6) is -0.271. The van der Waals surface area contributed by atoms with Crippen LogP contribution in [0.4, 0.5) is 0 Å². The average Bonchev–Trinajstić information content (AvgIpc) is 2.75. The Hall–Kier alpha value is -0.900. The van der Waals surface area contributed by atoms with Gasteiger partial charge in [0, 0.05) is 6.20 Å². The normalized spacial score (nSPS) is 27.3. The highest BCUT2D eigenvalue weighted by Crippen LogP contribution is 2.49. The fourth-order valence-electron chi connectivity index (χ4n) is 3.09. The number of aliphatic carboxylic acids is 1. The molecule has 98 valence electrons. The summed E-state index contributed by atoms with van der Waals surface area (Å²) in [4.78, 5) is 15.7. The van der Waals surface area contributed by atoms with Crippen LogP contribution in [-0.4, -0.2) is 16.1 Å². The Morgan fingerprint density at radius 2 is 2.44 bits per heavy atom. The minimum atomic E-state index is -0.625. The molecule has 1 heterocycles. The molecule has 2 unspecified atom stereocenters. The van der Waals surface area contributed by atoms with E-state index in [0.717, 1.165) is 36.7 Å². The summed E-state index contributed by atoms with van der Waals surface area (Å²) in [5, 5.41) is 9.49. The number of carbonyl (C=O) groups is 1. The summed E-state index contributed by atoms with van der Waals surface area (Å²) in [6.45, 7) is 2.06. The quantitative estimate of drug-likeness (QED) is 0.856. The van der Waals surface area contributed by atoms with E-state index in [1.165, 1.54) is 5.56 Å².